The highest BCUT2D eigenvalue weighted by atomic mass is 16.5. The lowest BCUT2D eigenvalue weighted by atomic mass is 9.80. The molecular formula is C18H27N3O3. The number of amides is 3. The van der Waals surface area contributed by atoms with E-state index in [1.807, 2.05) is 19.9 Å². The molecule has 1 aliphatic rings. The van der Waals surface area contributed by atoms with Gasteiger partial charge in [-0.2, -0.15) is 0 Å². The molecule has 1 saturated carbocycles. The fourth-order valence-electron chi connectivity index (χ4n) is 3.04. The number of methoxy groups -OCH3 is 1. The van der Waals surface area contributed by atoms with Gasteiger partial charge in [-0.1, -0.05) is 25.3 Å². The number of hydrogen-bond donors (Lipinski definition) is 3. The van der Waals surface area contributed by atoms with Crippen molar-refractivity contribution in [2.24, 2.45) is 0 Å². The second kappa shape index (κ2) is 8.04. The van der Waals surface area contributed by atoms with Crippen molar-refractivity contribution in [1.29, 1.82) is 0 Å². The molecule has 1 fully saturated rings. The molecule has 6 nitrogen and oxygen atoms in total. The number of benzene rings is 1. The van der Waals surface area contributed by atoms with E-state index in [2.05, 4.69) is 16.0 Å². The Kier molecular flexibility index (Phi) is 6.06. The van der Waals surface area contributed by atoms with E-state index >= 15 is 0 Å². The summed E-state index contributed by atoms with van der Waals surface area (Å²) in [4.78, 5) is 25.1. The Morgan fingerprint density at radius 2 is 1.88 bits per heavy atom. The quantitative estimate of drug-likeness (QED) is 0.775. The molecule has 0 bridgehead atoms. The molecule has 132 valence electrons. The maximum absolute atomic E-state index is 12.6. The molecule has 0 aliphatic heterocycles. The first-order valence-corrected chi connectivity index (χ1v) is 8.49. The number of carbonyl (C=O) groups is 2. The number of ether oxygens (including phenoxy) is 1. The van der Waals surface area contributed by atoms with Crippen LogP contribution in [0.3, 0.4) is 0 Å². The number of nitrogens with one attached hydrogen (secondary N) is 3. The van der Waals surface area contributed by atoms with Crippen LogP contribution in [-0.2, 0) is 4.79 Å². The second-order valence-corrected chi connectivity index (χ2v) is 6.58. The van der Waals surface area contributed by atoms with E-state index in [4.69, 9.17) is 4.74 Å². The van der Waals surface area contributed by atoms with Crippen LogP contribution in [0.25, 0.3) is 0 Å². The van der Waals surface area contributed by atoms with Crippen LogP contribution in [0, 0.1) is 0 Å². The fraction of sp³-hybridized carbons (Fsp3) is 0.556. The number of carbonyl (C=O) groups excluding carboxylic acids is 2. The standard InChI is InChI=1S/C18H27N3O3/c1-13(2)19-16(22)18(10-5-4-6-11-18)21-17(23)20-14-8-7-9-15(12-14)24-3/h7-9,12-13H,4-6,10-11H2,1-3H3,(H,19,22)(H2,20,21,23). The summed E-state index contributed by atoms with van der Waals surface area (Å²) in [5, 5.41) is 8.65. The van der Waals surface area contributed by atoms with E-state index < -0.39 is 5.54 Å². The maximum atomic E-state index is 12.6. The molecule has 0 atom stereocenters. The van der Waals surface area contributed by atoms with Gasteiger partial charge in [0, 0.05) is 17.8 Å². The first-order chi connectivity index (χ1) is 11.4. The topological polar surface area (TPSA) is 79.5 Å². The van der Waals surface area contributed by atoms with Gasteiger partial charge in [-0.25, -0.2) is 4.79 Å². The SMILES string of the molecule is COc1cccc(NC(=O)NC2(C(=O)NC(C)C)CCCCC2)c1. The lowest BCUT2D eigenvalue weighted by Gasteiger charge is -2.37. The number of hydrogen-bond acceptors (Lipinski definition) is 3. The summed E-state index contributed by atoms with van der Waals surface area (Å²) in [6.07, 6.45) is 4.29. The zero-order chi connectivity index (χ0) is 17.6. The van der Waals surface area contributed by atoms with Crippen molar-refractivity contribution in [3.63, 3.8) is 0 Å². The zero-order valence-electron chi connectivity index (χ0n) is 14.6. The van der Waals surface area contributed by atoms with Crippen molar-refractivity contribution in [3.05, 3.63) is 24.3 Å². The Bertz CT molecular complexity index is 581. The third-order valence-corrected chi connectivity index (χ3v) is 4.24. The molecule has 0 spiro atoms. The van der Waals surface area contributed by atoms with Crippen LogP contribution >= 0.6 is 0 Å². The molecule has 6 heteroatoms. The summed E-state index contributed by atoms with van der Waals surface area (Å²) in [6.45, 7) is 3.84. The van der Waals surface area contributed by atoms with Crippen molar-refractivity contribution in [3.8, 4) is 5.75 Å². The van der Waals surface area contributed by atoms with Crippen LogP contribution < -0.4 is 20.7 Å². The minimum Gasteiger partial charge on any atom is -0.497 e. The molecule has 3 N–H and O–H groups in total. The van der Waals surface area contributed by atoms with Gasteiger partial charge >= 0.3 is 6.03 Å². The maximum Gasteiger partial charge on any atom is 0.320 e. The monoisotopic (exact) mass is 333 g/mol. The molecule has 0 aromatic heterocycles. The van der Waals surface area contributed by atoms with Gasteiger partial charge in [0.05, 0.1) is 7.11 Å². The number of anilines is 1. The van der Waals surface area contributed by atoms with E-state index in [1.165, 1.54) is 0 Å². The van der Waals surface area contributed by atoms with Crippen molar-refractivity contribution < 1.29 is 14.3 Å². The molecule has 24 heavy (non-hydrogen) atoms. The van der Waals surface area contributed by atoms with Crippen LogP contribution in [0.15, 0.2) is 24.3 Å². The Morgan fingerprint density at radius 3 is 2.50 bits per heavy atom. The predicted octanol–water partition coefficient (Wildman–Crippen LogP) is 3.04. The molecular weight excluding hydrogens is 306 g/mol. The molecule has 1 aromatic rings. The van der Waals surface area contributed by atoms with Crippen LogP contribution in [0.4, 0.5) is 10.5 Å². The normalized spacial score (nSPS) is 16.3. The zero-order valence-corrected chi connectivity index (χ0v) is 14.6. The minimum absolute atomic E-state index is 0.0412. The number of rotatable bonds is 5. The van der Waals surface area contributed by atoms with Gasteiger partial charge in [0.15, 0.2) is 0 Å². The molecule has 0 heterocycles. The van der Waals surface area contributed by atoms with E-state index in [-0.39, 0.29) is 18.0 Å². The highest BCUT2D eigenvalue weighted by Gasteiger charge is 2.41. The van der Waals surface area contributed by atoms with Gasteiger partial charge in [-0.05, 0) is 38.8 Å². The van der Waals surface area contributed by atoms with E-state index in [9.17, 15) is 9.59 Å². The first-order valence-electron chi connectivity index (χ1n) is 8.49. The Morgan fingerprint density at radius 1 is 1.17 bits per heavy atom. The van der Waals surface area contributed by atoms with Gasteiger partial charge in [0.25, 0.3) is 0 Å². The lowest BCUT2D eigenvalue weighted by Crippen LogP contribution is -2.61. The molecule has 0 saturated heterocycles. The van der Waals surface area contributed by atoms with Crippen LogP contribution in [0.5, 0.6) is 5.75 Å². The molecule has 0 unspecified atom stereocenters. The third kappa shape index (κ3) is 4.63. The van der Waals surface area contributed by atoms with Gasteiger partial charge in [-0.15, -0.1) is 0 Å². The Hall–Kier alpha value is -2.24. The third-order valence-electron chi connectivity index (χ3n) is 4.24. The second-order valence-electron chi connectivity index (χ2n) is 6.58. The molecule has 1 aliphatic carbocycles. The number of urea groups is 1. The summed E-state index contributed by atoms with van der Waals surface area (Å²) in [6, 6.07) is 6.80. The van der Waals surface area contributed by atoms with E-state index in [0.29, 0.717) is 24.3 Å². The van der Waals surface area contributed by atoms with Gasteiger partial charge in [-0.3, -0.25) is 4.79 Å². The fourth-order valence-corrected chi connectivity index (χ4v) is 3.04. The van der Waals surface area contributed by atoms with Gasteiger partial charge < -0.3 is 20.7 Å². The lowest BCUT2D eigenvalue weighted by molar-refractivity contribution is -0.129. The predicted molar refractivity (Wildman–Crippen MR) is 94.2 cm³/mol. The van der Waals surface area contributed by atoms with Crippen LogP contribution in [-0.4, -0.2) is 30.6 Å². The van der Waals surface area contributed by atoms with Crippen molar-refractivity contribution >= 4 is 17.6 Å². The molecule has 2 rings (SSSR count). The summed E-state index contributed by atoms with van der Waals surface area (Å²) >= 11 is 0. The molecule has 0 radical (unpaired) electrons. The summed E-state index contributed by atoms with van der Waals surface area (Å²) in [5.74, 6) is 0.565. The summed E-state index contributed by atoms with van der Waals surface area (Å²) < 4.78 is 5.15. The average Bonchev–Trinajstić information content (AvgIpc) is 2.55. The first kappa shape index (κ1) is 18.1. The van der Waals surface area contributed by atoms with Crippen LogP contribution in [0.2, 0.25) is 0 Å². The summed E-state index contributed by atoms with van der Waals surface area (Å²) in [7, 11) is 1.58. The average molecular weight is 333 g/mol. The van der Waals surface area contributed by atoms with Crippen LogP contribution in [0.1, 0.15) is 46.0 Å². The van der Waals surface area contributed by atoms with E-state index in [1.54, 1.807) is 25.3 Å². The van der Waals surface area contributed by atoms with E-state index in [0.717, 1.165) is 19.3 Å². The van der Waals surface area contributed by atoms with Gasteiger partial charge in [0.1, 0.15) is 11.3 Å². The van der Waals surface area contributed by atoms with Gasteiger partial charge in [0.2, 0.25) is 5.91 Å². The van der Waals surface area contributed by atoms with Crippen molar-refractivity contribution in [1.82, 2.24) is 10.6 Å². The van der Waals surface area contributed by atoms with Crippen molar-refractivity contribution in [2.45, 2.75) is 57.5 Å². The van der Waals surface area contributed by atoms with Crippen molar-refractivity contribution in [2.75, 3.05) is 12.4 Å². The highest BCUT2D eigenvalue weighted by molar-refractivity contribution is 5.96. The Labute approximate surface area is 143 Å². The Balaban J connectivity index is 2.07. The largest absolute Gasteiger partial charge is 0.497 e. The molecule has 1 aromatic carbocycles. The minimum atomic E-state index is -0.828. The summed E-state index contributed by atoms with van der Waals surface area (Å²) in [5.41, 5.74) is -0.201. The smallest absolute Gasteiger partial charge is 0.320 e. The highest BCUT2D eigenvalue weighted by Crippen LogP contribution is 2.29. The molecule has 3 amide bonds.